The molecule has 0 saturated carbocycles. The highest BCUT2D eigenvalue weighted by atomic mass is 32.1. The molecule has 1 aromatic carbocycles. The summed E-state index contributed by atoms with van der Waals surface area (Å²) in [4.78, 5) is 8.15. The van der Waals surface area contributed by atoms with E-state index in [9.17, 15) is 5.11 Å². The molecule has 0 fully saturated rings. The number of nitrogens with zero attached hydrogens (tertiary/aromatic N) is 2. The van der Waals surface area contributed by atoms with Crippen LogP contribution in [0.5, 0.6) is 5.75 Å². The molecule has 1 aromatic heterocycles. The molecule has 0 aliphatic rings. The van der Waals surface area contributed by atoms with Gasteiger partial charge in [0.15, 0.2) is 11.1 Å². The third-order valence-electron chi connectivity index (χ3n) is 2.08. The zero-order valence-electron chi connectivity index (χ0n) is 9.00. The summed E-state index contributed by atoms with van der Waals surface area (Å²) in [5.74, 6) is 0.501. The van der Waals surface area contributed by atoms with Crippen LogP contribution in [0.25, 0.3) is 0 Å². The van der Waals surface area contributed by atoms with E-state index in [1.165, 1.54) is 11.3 Å². The number of aromatic hydroxyl groups is 1. The smallest absolute Gasteiger partial charge is 0.195 e. The molecular weight excluding hydrogens is 236 g/mol. The number of anilines is 1. The highest BCUT2D eigenvalue weighted by Gasteiger charge is 2.00. The standard InChI is InChI=1S/C11H12N4OS/c12-10(15-11-13-5-6-17-11)14-7-8-3-1-2-4-9(8)16/h1-6,16H,7H2,(H3,12,13,14,15). The van der Waals surface area contributed by atoms with Gasteiger partial charge in [-0.15, -0.1) is 11.3 Å². The molecular formula is C11H12N4OS. The molecule has 0 saturated heterocycles. The second kappa shape index (κ2) is 5.31. The van der Waals surface area contributed by atoms with Crippen LogP contribution >= 0.6 is 11.3 Å². The molecule has 0 atom stereocenters. The highest BCUT2D eigenvalue weighted by Crippen LogP contribution is 2.16. The topological polar surface area (TPSA) is 83.5 Å². The molecule has 88 valence electrons. The fraction of sp³-hybridized carbons (Fsp3) is 0.0909. The van der Waals surface area contributed by atoms with Crippen LogP contribution in [-0.4, -0.2) is 16.1 Å². The number of phenolic OH excluding ortho intramolecular Hbond substituents is 1. The molecule has 1 heterocycles. The number of guanidine groups is 1. The maximum atomic E-state index is 9.54. The maximum absolute atomic E-state index is 9.54. The minimum absolute atomic E-state index is 0.221. The lowest BCUT2D eigenvalue weighted by Crippen LogP contribution is -2.22. The first-order chi connectivity index (χ1) is 8.25. The van der Waals surface area contributed by atoms with E-state index in [0.29, 0.717) is 11.7 Å². The molecule has 0 amide bonds. The summed E-state index contributed by atoms with van der Waals surface area (Å²) in [7, 11) is 0. The first-order valence-electron chi connectivity index (χ1n) is 4.99. The monoisotopic (exact) mass is 248 g/mol. The number of aliphatic imine (C=N–C) groups is 1. The van der Waals surface area contributed by atoms with Crippen LogP contribution in [0, 0.1) is 0 Å². The Bertz CT molecular complexity index is 510. The third kappa shape index (κ3) is 3.18. The van der Waals surface area contributed by atoms with Gasteiger partial charge in [-0.3, -0.25) is 0 Å². The highest BCUT2D eigenvalue weighted by molar-refractivity contribution is 7.13. The molecule has 6 heteroatoms. The molecule has 0 radical (unpaired) electrons. The molecule has 0 aliphatic carbocycles. The molecule has 0 spiro atoms. The summed E-state index contributed by atoms with van der Waals surface area (Å²) >= 11 is 1.44. The van der Waals surface area contributed by atoms with Crippen LogP contribution in [0.2, 0.25) is 0 Å². The van der Waals surface area contributed by atoms with Crippen LogP contribution < -0.4 is 11.1 Å². The largest absolute Gasteiger partial charge is 0.508 e. The number of rotatable bonds is 3. The van der Waals surface area contributed by atoms with Crippen molar-refractivity contribution in [1.29, 1.82) is 0 Å². The van der Waals surface area contributed by atoms with Gasteiger partial charge in [-0.05, 0) is 6.07 Å². The van der Waals surface area contributed by atoms with Gasteiger partial charge in [0.05, 0.1) is 6.54 Å². The van der Waals surface area contributed by atoms with Crippen LogP contribution in [-0.2, 0) is 6.54 Å². The Hall–Kier alpha value is -2.08. The SMILES string of the molecule is NC(=NCc1ccccc1O)Nc1nccs1. The second-order valence-electron chi connectivity index (χ2n) is 3.29. The zero-order chi connectivity index (χ0) is 12.1. The van der Waals surface area contributed by atoms with Gasteiger partial charge in [-0.2, -0.15) is 0 Å². The molecule has 4 N–H and O–H groups in total. The first kappa shape index (κ1) is 11.4. The number of nitrogens with two attached hydrogens (primary N) is 1. The van der Waals surface area contributed by atoms with Crippen LogP contribution in [0.1, 0.15) is 5.56 Å². The third-order valence-corrected chi connectivity index (χ3v) is 2.77. The number of thiazole rings is 1. The van der Waals surface area contributed by atoms with E-state index in [0.717, 1.165) is 5.56 Å². The van der Waals surface area contributed by atoms with Crippen LogP contribution in [0.15, 0.2) is 40.8 Å². The predicted molar refractivity (Wildman–Crippen MR) is 69.2 cm³/mol. The lowest BCUT2D eigenvalue weighted by atomic mass is 10.2. The average Bonchev–Trinajstić information content (AvgIpc) is 2.81. The minimum Gasteiger partial charge on any atom is -0.508 e. The predicted octanol–water partition coefficient (Wildman–Crippen LogP) is 1.78. The van der Waals surface area contributed by atoms with Gasteiger partial charge in [0.25, 0.3) is 0 Å². The Morgan fingerprint density at radius 2 is 2.29 bits per heavy atom. The summed E-state index contributed by atoms with van der Waals surface area (Å²) in [6.07, 6.45) is 1.68. The Morgan fingerprint density at radius 3 is 3.00 bits per heavy atom. The Morgan fingerprint density at radius 1 is 1.47 bits per heavy atom. The normalized spacial score (nSPS) is 11.4. The van der Waals surface area contributed by atoms with Crippen molar-refractivity contribution in [1.82, 2.24) is 4.98 Å². The van der Waals surface area contributed by atoms with Gasteiger partial charge in [-0.1, -0.05) is 18.2 Å². The summed E-state index contributed by atoms with van der Waals surface area (Å²) < 4.78 is 0. The van der Waals surface area contributed by atoms with Crippen molar-refractivity contribution in [2.75, 3.05) is 5.32 Å². The Balaban J connectivity index is 1.99. The van der Waals surface area contributed by atoms with Gasteiger partial charge in [0, 0.05) is 17.1 Å². The van der Waals surface area contributed by atoms with E-state index in [4.69, 9.17) is 5.73 Å². The summed E-state index contributed by atoms with van der Waals surface area (Å²) in [5.41, 5.74) is 6.42. The van der Waals surface area contributed by atoms with Gasteiger partial charge < -0.3 is 16.2 Å². The lowest BCUT2D eigenvalue weighted by Gasteiger charge is -2.03. The first-order valence-corrected chi connectivity index (χ1v) is 5.87. The average molecular weight is 248 g/mol. The summed E-state index contributed by atoms with van der Waals surface area (Å²) in [5, 5.41) is 14.9. The van der Waals surface area contributed by atoms with E-state index in [1.54, 1.807) is 24.4 Å². The van der Waals surface area contributed by atoms with E-state index in [2.05, 4.69) is 15.3 Å². The molecule has 2 rings (SSSR count). The van der Waals surface area contributed by atoms with Gasteiger partial charge >= 0.3 is 0 Å². The van der Waals surface area contributed by atoms with Gasteiger partial charge in [0.1, 0.15) is 5.75 Å². The number of para-hydroxylation sites is 1. The van der Waals surface area contributed by atoms with Crippen molar-refractivity contribution in [3.63, 3.8) is 0 Å². The molecule has 2 aromatic rings. The fourth-order valence-corrected chi connectivity index (χ4v) is 1.78. The van der Waals surface area contributed by atoms with Crippen molar-refractivity contribution in [3.05, 3.63) is 41.4 Å². The number of aromatic nitrogens is 1. The summed E-state index contributed by atoms with van der Waals surface area (Å²) in [6.45, 7) is 0.330. The molecule has 0 unspecified atom stereocenters. The molecule has 17 heavy (non-hydrogen) atoms. The minimum atomic E-state index is 0.221. The van der Waals surface area contributed by atoms with E-state index >= 15 is 0 Å². The van der Waals surface area contributed by atoms with E-state index < -0.39 is 0 Å². The number of hydrogen-bond acceptors (Lipinski definition) is 4. The molecule has 0 bridgehead atoms. The Kier molecular flexibility index (Phi) is 3.56. The maximum Gasteiger partial charge on any atom is 0.195 e. The number of phenols is 1. The number of hydrogen-bond donors (Lipinski definition) is 3. The van der Waals surface area contributed by atoms with Crippen LogP contribution in [0.4, 0.5) is 5.13 Å². The van der Waals surface area contributed by atoms with E-state index in [1.807, 2.05) is 11.4 Å². The van der Waals surface area contributed by atoms with Gasteiger partial charge in [-0.25, -0.2) is 9.98 Å². The van der Waals surface area contributed by atoms with Crippen molar-refractivity contribution >= 4 is 22.4 Å². The Labute approximate surface area is 103 Å². The fourth-order valence-electron chi connectivity index (χ4n) is 1.25. The van der Waals surface area contributed by atoms with Crippen LogP contribution in [0.3, 0.4) is 0 Å². The van der Waals surface area contributed by atoms with Crippen molar-refractivity contribution in [2.24, 2.45) is 10.7 Å². The zero-order valence-corrected chi connectivity index (χ0v) is 9.81. The summed E-state index contributed by atoms with van der Waals surface area (Å²) in [6, 6.07) is 7.03. The van der Waals surface area contributed by atoms with Crippen molar-refractivity contribution in [3.8, 4) is 5.75 Å². The van der Waals surface area contributed by atoms with E-state index in [-0.39, 0.29) is 11.7 Å². The van der Waals surface area contributed by atoms with Gasteiger partial charge in [0.2, 0.25) is 0 Å². The van der Waals surface area contributed by atoms with Crippen molar-refractivity contribution < 1.29 is 5.11 Å². The lowest BCUT2D eigenvalue weighted by molar-refractivity contribution is 0.468. The number of nitrogens with one attached hydrogen (secondary N) is 1. The van der Waals surface area contributed by atoms with Crippen molar-refractivity contribution in [2.45, 2.75) is 6.54 Å². The molecule has 5 nitrogen and oxygen atoms in total. The quantitative estimate of drug-likeness (QED) is 0.571. The number of benzene rings is 1. The molecule has 0 aliphatic heterocycles. The second-order valence-corrected chi connectivity index (χ2v) is 4.19.